The van der Waals surface area contributed by atoms with Crippen LogP contribution in [0.5, 0.6) is 0 Å². The highest BCUT2D eigenvalue weighted by Crippen LogP contribution is 2.14. The van der Waals surface area contributed by atoms with Crippen molar-refractivity contribution in [1.82, 2.24) is 15.6 Å². The molecule has 0 bridgehead atoms. The number of nitrogens with one attached hydrogen (secondary N) is 2. The molecule has 1 aliphatic heterocycles. The van der Waals surface area contributed by atoms with Crippen LogP contribution >= 0.6 is 11.3 Å². The van der Waals surface area contributed by atoms with E-state index in [0.717, 1.165) is 37.0 Å². The zero-order valence-corrected chi connectivity index (χ0v) is 10.9. The molecule has 2 rings (SSSR count). The molecule has 0 radical (unpaired) electrons. The third kappa shape index (κ3) is 3.27. The van der Waals surface area contributed by atoms with Crippen LogP contribution in [0.4, 0.5) is 0 Å². The molecular weight excluding hydrogens is 218 g/mol. The summed E-state index contributed by atoms with van der Waals surface area (Å²) in [5.74, 6) is 1.67. The Bertz CT molecular complexity index is 320. The van der Waals surface area contributed by atoms with Gasteiger partial charge in [0.1, 0.15) is 0 Å². The summed E-state index contributed by atoms with van der Waals surface area (Å²) in [4.78, 5) is 4.46. The van der Waals surface area contributed by atoms with Crippen molar-refractivity contribution in [3.63, 3.8) is 0 Å². The lowest BCUT2D eigenvalue weighted by atomic mass is 9.89. The Morgan fingerprint density at radius 1 is 1.62 bits per heavy atom. The van der Waals surface area contributed by atoms with Crippen LogP contribution in [0.15, 0.2) is 5.38 Å². The average Bonchev–Trinajstić information content (AvgIpc) is 2.56. The number of rotatable bonds is 6. The normalized spacial score (nSPS) is 18.4. The van der Waals surface area contributed by atoms with Crippen LogP contribution in [0.3, 0.4) is 0 Å². The van der Waals surface area contributed by atoms with E-state index >= 15 is 0 Å². The number of hydrogen-bond acceptors (Lipinski definition) is 4. The second kappa shape index (κ2) is 5.75. The quantitative estimate of drug-likeness (QED) is 0.738. The van der Waals surface area contributed by atoms with E-state index in [2.05, 4.69) is 34.8 Å². The average molecular weight is 239 g/mol. The van der Waals surface area contributed by atoms with Crippen molar-refractivity contribution in [2.45, 2.75) is 20.3 Å². The van der Waals surface area contributed by atoms with Gasteiger partial charge in [-0.1, -0.05) is 6.92 Å². The van der Waals surface area contributed by atoms with Crippen molar-refractivity contribution in [2.75, 3.05) is 26.2 Å². The summed E-state index contributed by atoms with van der Waals surface area (Å²) in [6.45, 7) is 8.99. The Morgan fingerprint density at radius 3 is 3.00 bits per heavy atom. The molecule has 4 heteroatoms. The smallest absolute Gasteiger partial charge is 0.0940 e. The van der Waals surface area contributed by atoms with E-state index in [-0.39, 0.29) is 0 Å². The first-order chi connectivity index (χ1) is 7.75. The highest BCUT2D eigenvalue weighted by molar-refractivity contribution is 7.09. The minimum atomic E-state index is 0.791. The minimum Gasteiger partial charge on any atom is -0.316 e. The number of aromatic nitrogens is 1. The van der Waals surface area contributed by atoms with E-state index in [1.54, 1.807) is 11.3 Å². The molecule has 1 unspecified atom stereocenters. The predicted octanol–water partition coefficient (Wildman–Crippen LogP) is 1.44. The Morgan fingerprint density at radius 2 is 2.44 bits per heavy atom. The summed E-state index contributed by atoms with van der Waals surface area (Å²) in [5, 5.41) is 10.2. The first kappa shape index (κ1) is 12.0. The van der Waals surface area contributed by atoms with Gasteiger partial charge in [-0.05, 0) is 38.4 Å². The van der Waals surface area contributed by atoms with Gasteiger partial charge in [-0.15, -0.1) is 11.3 Å². The summed E-state index contributed by atoms with van der Waals surface area (Å²) >= 11 is 1.77. The van der Waals surface area contributed by atoms with Gasteiger partial charge in [0.25, 0.3) is 0 Å². The second-order valence-corrected chi connectivity index (χ2v) is 5.68. The standard InChI is InChI=1S/C12H21N3S/c1-9(11-6-14-7-11)5-13-4-3-12-15-10(2)8-16-12/h8-9,11,13-14H,3-7H2,1-2H3. The molecule has 0 saturated carbocycles. The van der Waals surface area contributed by atoms with E-state index in [9.17, 15) is 0 Å². The topological polar surface area (TPSA) is 37.0 Å². The van der Waals surface area contributed by atoms with Crippen LogP contribution in [0, 0.1) is 18.8 Å². The van der Waals surface area contributed by atoms with Crippen LogP contribution in [-0.4, -0.2) is 31.2 Å². The van der Waals surface area contributed by atoms with Gasteiger partial charge in [0.05, 0.1) is 5.01 Å². The van der Waals surface area contributed by atoms with E-state index in [0.29, 0.717) is 0 Å². The van der Waals surface area contributed by atoms with Crippen molar-refractivity contribution in [1.29, 1.82) is 0 Å². The van der Waals surface area contributed by atoms with Gasteiger partial charge in [-0.2, -0.15) is 0 Å². The van der Waals surface area contributed by atoms with Crippen molar-refractivity contribution in [3.05, 3.63) is 16.1 Å². The molecule has 2 N–H and O–H groups in total. The van der Waals surface area contributed by atoms with E-state index in [1.165, 1.54) is 18.1 Å². The van der Waals surface area contributed by atoms with Crippen molar-refractivity contribution >= 4 is 11.3 Å². The fraction of sp³-hybridized carbons (Fsp3) is 0.750. The molecule has 0 amide bonds. The first-order valence-corrected chi connectivity index (χ1v) is 6.96. The Hall–Kier alpha value is -0.450. The molecule has 0 spiro atoms. The van der Waals surface area contributed by atoms with Gasteiger partial charge < -0.3 is 10.6 Å². The third-order valence-electron chi connectivity index (χ3n) is 3.27. The lowest BCUT2D eigenvalue weighted by Crippen LogP contribution is -2.47. The molecule has 90 valence electrons. The van der Waals surface area contributed by atoms with Crippen LogP contribution in [0.2, 0.25) is 0 Å². The molecular formula is C12H21N3S. The summed E-state index contributed by atoms with van der Waals surface area (Å²) < 4.78 is 0. The van der Waals surface area contributed by atoms with Gasteiger partial charge >= 0.3 is 0 Å². The molecule has 2 heterocycles. The maximum absolute atomic E-state index is 4.46. The van der Waals surface area contributed by atoms with Gasteiger partial charge in [0.2, 0.25) is 0 Å². The van der Waals surface area contributed by atoms with E-state index < -0.39 is 0 Å². The van der Waals surface area contributed by atoms with Crippen molar-refractivity contribution < 1.29 is 0 Å². The number of hydrogen-bond donors (Lipinski definition) is 2. The summed E-state index contributed by atoms with van der Waals surface area (Å²) in [7, 11) is 0. The molecule has 1 atom stereocenters. The van der Waals surface area contributed by atoms with Crippen LogP contribution in [0.1, 0.15) is 17.6 Å². The van der Waals surface area contributed by atoms with Crippen molar-refractivity contribution in [2.24, 2.45) is 11.8 Å². The second-order valence-electron chi connectivity index (χ2n) is 4.73. The van der Waals surface area contributed by atoms with Crippen LogP contribution in [0.25, 0.3) is 0 Å². The number of aryl methyl sites for hydroxylation is 1. The molecule has 1 aliphatic rings. The summed E-state index contributed by atoms with van der Waals surface area (Å²) in [6, 6.07) is 0. The molecule has 0 aliphatic carbocycles. The molecule has 1 fully saturated rings. The fourth-order valence-electron chi connectivity index (χ4n) is 1.92. The molecule has 1 aromatic rings. The van der Waals surface area contributed by atoms with E-state index in [1.807, 2.05) is 0 Å². The lowest BCUT2D eigenvalue weighted by Gasteiger charge is -2.32. The zero-order chi connectivity index (χ0) is 11.4. The van der Waals surface area contributed by atoms with Crippen LogP contribution in [-0.2, 0) is 6.42 Å². The number of thiazole rings is 1. The summed E-state index contributed by atoms with van der Waals surface area (Å²) in [6.07, 6.45) is 1.06. The molecule has 16 heavy (non-hydrogen) atoms. The first-order valence-electron chi connectivity index (χ1n) is 6.08. The maximum atomic E-state index is 4.46. The zero-order valence-electron chi connectivity index (χ0n) is 10.1. The minimum absolute atomic E-state index is 0.791. The largest absolute Gasteiger partial charge is 0.316 e. The van der Waals surface area contributed by atoms with Gasteiger partial charge in [-0.25, -0.2) is 4.98 Å². The Balaban J connectivity index is 1.57. The highest BCUT2D eigenvalue weighted by Gasteiger charge is 2.22. The van der Waals surface area contributed by atoms with Gasteiger partial charge in [-0.3, -0.25) is 0 Å². The van der Waals surface area contributed by atoms with Gasteiger partial charge in [0.15, 0.2) is 0 Å². The molecule has 0 aromatic carbocycles. The van der Waals surface area contributed by atoms with Crippen LogP contribution < -0.4 is 10.6 Å². The van der Waals surface area contributed by atoms with Gasteiger partial charge in [0, 0.05) is 24.0 Å². The predicted molar refractivity (Wildman–Crippen MR) is 68.9 cm³/mol. The Labute approximate surface area is 102 Å². The fourth-order valence-corrected chi connectivity index (χ4v) is 2.70. The Kier molecular flexibility index (Phi) is 4.32. The monoisotopic (exact) mass is 239 g/mol. The number of nitrogens with zero attached hydrogens (tertiary/aromatic N) is 1. The molecule has 1 saturated heterocycles. The van der Waals surface area contributed by atoms with Crippen molar-refractivity contribution in [3.8, 4) is 0 Å². The highest BCUT2D eigenvalue weighted by atomic mass is 32.1. The maximum Gasteiger partial charge on any atom is 0.0940 e. The summed E-state index contributed by atoms with van der Waals surface area (Å²) in [5.41, 5.74) is 1.15. The SMILES string of the molecule is Cc1csc(CCNCC(C)C2CNC2)n1. The van der Waals surface area contributed by atoms with E-state index in [4.69, 9.17) is 0 Å². The third-order valence-corrected chi connectivity index (χ3v) is 4.29. The lowest BCUT2D eigenvalue weighted by molar-refractivity contribution is 0.243. The molecule has 1 aromatic heterocycles. The molecule has 3 nitrogen and oxygen atoms in total.